The van der Waals surface area contributed by atoms with Gasteiger partial charge >= 0.3 is 6.09 Å². The first kappa shape index (κ1) is 30.3. The van der Waals surface area contributed by atoms with Crippen LogP contribution in [0.5, 0.6) is 11.5 Å². The Morgan fingerprint density at radius 2 is 1.69 bits per heavy atom. The van der Waals surface area contributed by atoms with Crippen LogP contribution in [0.4, 0.5) is 21.9 Å². The lowest BCUT2D eigenvalue weighted by molar-refractivity contribution is -0.116. The summed E-state index contributed by atoms with van der Waals surface area (Å²) in [7, 11) is 3.01. The van der Waals surface area contributed by atoms with E-state index in [2.05, 4.69) is 45.2 Å². The molecule has 0 radical (unpaired) electrons. The maximum atomic E-state index is 12.4. The van der Waals surface area contributed by atoms with Crippen LogP contribution < -0.4 is 25.0 Å². The van der Waals surface area contributed by atoms with E-state index in [4.69, 9.17) is 25.8 Å². The van der Waals surface area contributed by atoms with E-state index in [0.29, 0.717) is 35.2 Å². The molecule has 0 atom stereocenters. The number of halogens is 1. The molecule has 0 saturated carbocycles. The van der Waals surface area contributed by atoms with E-state index in [0.717, 1.165) is 57.2 Å². The molecule has 1 aliphatic heterocycles. The summed E-state index contributed by atoms with van der Waals surface area (Å²) in [5, 5.41) is 6.06. The van der Waals surface area contributed by atoms with E-state index in [1.165, 1.54) is 14.2 Å². The fourth-order valence-electron chi connectivity index (χ4n) is 4.40. The molecule has 3 rings (SSSR count). The molecule has 2 amide bonds. The Balaban J connectivity index is 1.41. The standard InChI is InChI=1S/C28H40ClN5O5/c1-5-32(6-2)11-10-27(35)30-21-8-7-9-22(18-21)34-14-12-33(13-15-34)16-17-39-28(36)31-24-19-23(29)25(37-3)20-26(24)38-4/h7-9,18-20H,5-6,10-17H2,1-4H3,(H,30,35)(H,31,36). The Hall–Kier alpha value is -3.21. The third-order valence-corrected chi connectivity index (χ3v) is 7.06. The lowest BCUT2D eigenvalue weighted by Gasteiger charge is -2.36. The summed E-state index contributed by atoms with van der Waals surface area (Å²) in [6, 6.07) is 11.2. The van der Waals surface area contributed by atoms with Gasteiger partial charge in [0.25, 0.3) is 0 Å². The Morgan fingerprint density at radius 3 is 2.36 bits per heavy atom. The molecule has 11 heteroatoms. The van der Waals surface area contributed by atoms with E-state index in [9.17, 15) is 9.59 Å². The third kappa shape index (κ3) is 9.19. The van der Waals surface area contributed by atoms with Crippen LogP contribution in [0.15, 0.2) is 36.4 Å². The fraction of sp³-hybridized carbons (Fsp3) is 0.500. The van der Waals surface area contributed by atoms with Crippen LogP contribution in [0.1, 0.15) is 20.3 Å². The van der Waals surface area contributed by atoms with Gasteiger partial charge in [-0.3, -0.25) is 15.0 Å². The second-order valence-electron chi connectivity index (χ2n) is 9.15. The highest BCUT2D eigenvalue weighted by Crippen LogP contribution is 2.35. The topological polar surface area (TPSA) is 95.6 Å². The number of carbonyl (C=O) groups excluding carboxylic acids is 2. The van der Waals surface area contributed by atoms with Crippen molar-refractivity contribution >= 4 is 40.7 Å². The molecule has 2 aromatic carbocycles. The Bertz CT molecular complexity index is 1090. The highest BCUT2D eigenvalue weighted by atomic mass is 35.5. The molecule has 39 heavy (non-hydrogen) atoms. The molecule has 1 fully saturated rings. The van der Waals surface area contributed by atoms with Crippen molar-refractivity contribution in [2.75, 3.05) is 88.7 Å². The molecule has 1 saturated heterocycles. The van der Waals surface area contributed by atoms with Gasteiger partial charge in [0.15, 0.2) is 0 Å². The molecule has 1 aliphatic rings. The van der Waals surface area contributed by atoms with Crippen molar-refractivity contribution in [3.8, 4) is 11.5 Å². The molecule has 1 heterocycles. The Kier molecular flexibility index (Phi) is 12.0. The molecule has 0 aromatic heterocycles. The molecular weight excluding hydrogens is 522 g/mol. The number of ether oxygens (including phenoxy) is 3. The molecule has 2 N–H and O–H groups in total. The van der Waals surface area contributed by atoms with Gasteiger partial charge in [0.1, 0.15) is 18.1 Å². The van der Waals surface area contributed by atoms with Crippen molar-refractivity contribution in [3.63, 3.8) is 0 Å². The molecule has 2 aromatic rings. The van der Waals surface area contributed by atoms with Gasteiger partial charge in [-0.25, -0.2) is 4.79 Å². The largest absolute Gasteiger partial charge is 0.495 e. The number of nitrogens with zero attached hydrogens (tertiary/aromatic N) is 3. The van der Waals surface area contributed by atoms with Crippen LogP contribution in [0.2, 0.25) is 5.02 Å². The second-order valence-corrected chi connectivity index (χ2v) is 9.56. The van der Waals surface area contributed by atoms with Gasteiger partial charge in [-0.15, -0.1) is 0 Å². The highest BCUT2D eigenvalue weighted by Gasteiger charge is 2.19. The average molecular weight is 562 g/mol. The first-order valence-corrected chi connectivity index (χ1v) is 13.7. The van der Waals surface area contributed by atoms with Crippen molar-refractivity contribution < 1.29 is 23.8 Å². The number of hydrogen-bond acceptors (Lipinski definition) is 8. The van der Waals surface area contributed by atoms with Crippen molar-refractivity contribution in [2.24, 2.45) is 0 Å². The summed E-state index contributed by atoms with van der Waals surface area (Å²) < 4.78 is 15.9. The maximum Gasteiger partial charge on any atom is 0.411 e. The number of hydrogen-bond donors (Lipinski definition) is 2. The van der Waals surface area contributed by atoms with Crippen LogP contribution in [0, 0.1) is 0 Å². The number of amides is 2. The summed E-state index contributed by atoms with van der Waals surface area (Å²) in [5.74, 6) is 0.906. The summed E-state index contributed by atoms with van der Waals surface area (Å²) in [6.45, 7) is 11.1. The molecule has 10 nitrogen and oxygen atoms in total. The molecule has 0 aliphatic carbocycles. The van der Waals surface area contributed by atoms with Gasteiger partial charge < -0.3 is 29.3 Å². The SMILES string of the molecule is CCN(CC)CCC(=O)Nc1cccc(N2CCN(CCOC(=O)Nc3cc(Cl)c(OC)cc3OC)CC2)c1. The first-order chi connectivity index (χ1) is 18.9. The van der Waals surface area contributed by atoms with Gasteiger partial charge in [0.05, 0.1) is 24.9 Å². The number of piperazine rings is 1. The number of nitrogens with one attached hydrogen (secondary N) is 2. The van der Waals surface area contributed by atoms with Crippen LogP contribution in [0.25, 0.3) is 0 Å². The molecule has 214 valence electrons. The third-order valence-electron chi connectivity index (χ3n) is 6.77. The normalized spacial score (nSPS) is 13.7. The summed E-state index contributed by atoms with van der Waals surface area (Å²) >= 11 is 6.16. The zero-order valence-corrected chi connectivity index (χ0v) is 24.1. The lowest BCUT2D eigenvalue weighted by atomic mass is 10.2. The number of rotatable bonds is 13. The van der Waals surface area contributed by atoms with E-state index in [-0.39, 0.29) is 12.5 Å². The zero-order valence-electron chi connectivity index (χ0n) is 23.3. The number of carbonyl (C=O) groups is 2. The van der Waals surface area contributed by atoms with Crippen LogP contribution in [0.3, 0.4) is 0 Å². The fourth-order valence-corrected chi connectivity index (χ4v) is 4.65. The Labute approximate surface area is 236 Å². The van der Waals surface area contributed by atoms with Crippen molar-refractivity contribution in [3.05, 3.63) is 41.4 Å². The lowest BCUT2D eigenvalue weighted by Crippen LogP contribution is -2.47. The monoisotopic (exact) mass is 561 g/mol. The van der Waals surface area contributed by atoms with Gasteiger partial charge in [-0.1, -0.05) is 31.5 Å². The smallest absolute Gasteiger partial charge is 0.411 e. The highest BCUT2D eigenvalue weighted by molar-refractivity contribution is 6.32. The average Bonchev–Trinajstić information content (AvgIpc) is 2.94. The van der Waals surface area contributed by atoms with Gasteiger partial charge in [-0.05, 0) is 37.4 Å². The predicted octanol–water partition coefficient (Wildman–Crippen LogP) is 4.40. The molecule has 0 spiro atoms. The predicted molar refractivity (Wildman–Crippen MR) is 156 cm³/mol. The quantitative estimate of drug-likeness (QED) is 0.372. The molecular formula is C28H40ClN5O5. The summed E-state index contributed by atoms with van der Waals surface area (Å²) in [5.41, 5.74) is 2.30. The summed E-state index contributed by atoms with van der Waals surface area (Å²) in [6.07, 6.45) is -0.101. The summed E-state index contributed by atoms with van der Waals surface area (Å²) in [4.78, 5) is 31.5. The number of anilines is 3. The molecule has 0 bridgehead atoms. The Morgan fingerprint density at radius 1 is 0.974 bits per heavy atom. The van der Waals surface area contributed by atoms with E-state index in [1.807, 2.05) is 18.2 Å². The van der Waals surface area contributed by atoms with Crippen LogP contribution in [-0.4, -0.2) is 95.0 Å². The van der Waals surface area contributed by atoms with Crippen molar-refractivity contribution in [1.82, 2.24) is 9.80 Å². The minimum absolute atomic E-state index is 0.0291. The number of benzene rings is 2. The zero-order chi connectivity index (χ0) is 28.2. The molecule has 0 unspecified atom stereocenters. The van der Waals surface area contributed by atoms with Crippen molar-refractivity contribution in [2.45, 2.75) is 20.3 Å². The minimum Gasteiger partial charge on any atom is -0.495 e. The van der Waals surface area contributed by atoms with Crippen molar-refractivity contribution in [1.29, 1.82) is 0 Å². The van der Waals surface area contributed by atoms with Gasteiger partial charge in [0.2, 0.25) is 5.91 Å². The van der Waals surface area contributed by atoms with Crippen LogP contribution >= 0.6 is 11.6 Å². The number of methoxy groups -OCH3 is 2. The van der Waals surface area contributed by atoms with E-state index >= 15 is 0 Å². The van der Waals surface area contributed by atoms with Gasteiger partial charge in [-0.2, -0.15) is 0 Å². The van der Waals surface area contributed by atoms with E-state index < -0.39 is 6.09 Å². The maximum absolute atomic E-state index is 12.4. The van der Waals surface area contributed by atoms with Crippen LogP contribution in [-0.2, 0) is 9.53 Å². The van der Waals surface area contributed by atoms with E-state index in [1.54, 1.807) is 12.1 Å². The first-order valence-electron chi connectivity index (χ1n) is 13.3. The second kappa shape index (κ2) is 15.4. The minimum atomic E-state index is -0.580. The van der Waals surface area contributed by atoms with Gasteiger partial charge in [0, 0.05) is 63.1 Å².